The lowest BCUT2D eigenvalue weighted by molar-refractivity contribution is 0.514. The van der Waals surface area contributed by atoms with Gasteiger partial charge in [-0.1, -0.05) is 96.3 Å². The highest BCUT2D eigenvalue weighted by atomic mass is 14.9. The van der Waals surface area contributed by atoms with Gasteiger partial charge in [-0.05, 0) is 25.0 Å². The van der Waals surface area contributed by atoms with Crippen molar-refractivity contribution in [3.05, 3.63) is 30.3 Å². The van der Waals surface area contributed by atoms with Gasteiger partial charge in [0, 0.05) is 11.7 Å². The number of hydrogen-bond donors (Lipinski definition) is 1. The smallest absolute Gasteiger partial charge is 0.0342 e. The summed E-state index contributed by atoms with van der Waals surface area (Å²) in [5.41, 5.74) is 1.28. The van der Waals surface area contributed by atoms with Crippen LogP contribution < -0.4 is 5.32 Å². The second-order valence-electron chi connectivity index (χ2n) is 6.61. The van der Waals surface area contributed by atoms with E-state index in [0.717, 1.165) is 0 Å². The predicted molar refractivity (Wildman–Crippen MR) is 101 cm³/mol. The van der Waals surface area contributed by atoms with Crippen molar-refractivity contribution in [2.75, 3.05) is 5.32 Å². The minimum Gasteiger partial charge on any atom is -0.382 e. The summed E-state index contributed by atoms with van der Waals surface area (Å²) in [5, 5.41) is 3.73. The number of benzene rings is 1. The van der Waals surface area contributed by atoms with E-state index in [4.69, 9.17) is 0 Å². The molecule has 0 fully saturated rings. The molecule has 1 heteroatoms. The molecule has 1 nitrogen and oxygen atoms in total. The van der Waals surface area contributed by atoms with E-state index in [0.29, 0.717) is 6.04 Å². The zero-order chi connectivity index (χ0) is 15.9. The maximum absolute atomic E-state index is 3.73. The number of rotatable bonds is 14. The molecular formula is C21H37N. The van der Waals surface area contributed by atoms with E-state index in [-0.39, 0.29) is 0 Å². The molecular weight excluding hydrogens is 266 g/mol. The minimum absolute atomic E-state index is 0.655. The van der Waals surface area contributed by atoms with Crippen LogP contribution >= 0.6 is 0 Å². The third-order valence-corrected chi connectivity index (χ3v) is 4.46. The maximum Gasteiger partial charge on any atom is 0.0342 e. The van der Waals surface area contributed by atoms with E-state index in [9.17, 15) is 0 Å². The molecule has 0 bridgehead atoms. The fraction of sp³-hybridized carbons (Fsp3) is 0.714. The summed E-state index contributed by atoms with van der Waals surface area (Å²) in [6.45, 7) is 4.58. The Morgan fingerprint density at radius 3 is 1.86 bits per heavy atom. The predicted octanol–water partition coefficient (Wildman–Crippen LogP) is 7.19. The van der Waals surface area contributed by atoms with Crippen LogP contribution in [0.25, 0.3) is 0 Å². The Morgan fingerprint density at radius 2 is 1.23 bits per heavy atom. The first-order valence-electron chi connectivity index (χ1n) is 9.68. The van der Waals surface area contributed by atoms with E-state index >= 15 is 0 Å². The average molecular weight is 304 g/mol. The summed E-state index contributed by atoms with van der Waals surface area (Å²) in [4.78, 5) is 0. The van der Waals surface area contributed by atoms with E-state index in [1.54, 1.807) is 0 Å². The van der Waals surface area contributed by atoms with Crippen molar-refractivity contribution in [3.63, 3.8) is 0 Å². The van der Waals surface area contributed by atoms with Gasteiger partial charge >= 0.3 is 0 Å². The summed E-state index contributed by atoms with van der Waals surface area (Å²) in [6, 6.07) is 11.4. The monoisotopic (exact) mass is 303 g/mol. The summed E-state index contributed by atoms with van der Waals surface area (Å²) in [5.74, 6) is 0. The molecule has 0 aliphatic heterocycles. The van der Waals surface area contributed by atoms with Gasteiger partial charge in [-0.3, -0.25) is 0 Å². The summed E-state index contributed by atoms with van der Waals surface area (Å²) in [7, 11) is 0. The van der Waals surface area contributed by atoms with Crippen molar-refractivity contribution in [1.29, 1.82) is 0 Å². The molecule has 0 aliphatic carbocycles. The van der Waals surface area contributed by atoms with Crippen LogP contribution in [0.2, 0.25) is 0 Å². The van der Waals surface area contributed by atoms with Crippen molar-refractivity contribution in [2.24, 2.45) is 0 Å². The van der Waals surface area contributed by atoms with Gasteiger partial charge in [-0.2, -0.15) is 0 Å². The van der Waals surface area contributed by atoms with Gasteiger partial charge in [0.15, 0.2) is 0 Å². The second-order valence-corrected chi connectivity index (χ2v) is 6.61. The fourth-order valence-corrected chi connectivity index (χ4v) is 3.03. The molecule has 0 saturated heterocycles. The van der Waals surface area contributed by atoms with Crippen LogP contribution in [0, 0.1) is 0 Å². The normalized spacial score (nSPS) is 12.3. The van der Waals surface area contributed by atoms with Crippen LogP contribution in [-0.4, -0.2) is 6.04 Å². The van der Waals surface area contributed by atoms with Crippen molar-refractivity contribution in [1.82, 2.24) is 0 Å². The highest BCUT2D eigenvalue weighted by Gasteiger charge is 2.07. The zero-order valence-corrected chi connectivity index (χ0v) is 14.9. The van der Waals surface area contributed by atoms with Crippen molar-refractivity contribution in [3.8, 4) is 0 Å². The summed E-state index contributed by atoms with van der Waals surface area (Å²) >= 11 is 0. The third-order valence-electron chi connectivity index (χ3n) is 4.46. The van der Waals surface area contributed by atoms with Gasteiger partial charge in [0.25, 0.3) is 0 Å². The van der Waals surface area contributed by atoms with Gasteiger partial charge in [0.2, 0.25) is 0 Å². The van der Waals surface area contributed by atoms with Gasteiger partial charge in [0.1, 0.15) is 0 Å². The van der Waals surface area contributed by atoms with Gasteiger partial charge < -0.3 is 5.32 Å². The first-order valence-corrected chi connectivity index (χ1v) is 9.68. The molecule has 0 heterocycles. The van der Waals surface area contributed by atoms with E-state index < -0.39 is 0 Å². The highest BCUT2D eigenvalue weighted by molar-refractivity contribution is 5.43. The summed E-state index contributed by atoms with van der Waals surface area (Å²) in [6.07, 6.45) is 16.6. The Kier molecular flexibility index (Phi) is 11.8. The van der Waals surface area contributed by atoms with Crippen LogP contribution in [-0.2, 0) is 0 Å². The molecule has 0 saturated carbocycles. The Balaban J connectivity index is 2.15. The summed E-state index contributed by atoms with van der Waals surface area (Å²) < 4.78 is 0. The molecule has 1 atom stereocenters. The van der Waals surface area contributed by atoms with Crippen LogP contribution in [0.1, 0.15) is 90.9 Å². The molecule has 0 aliphatic rings. The molecule has 0 radical (unpaired) electrons. The van der Waals surface area contributed by atoms with Gasteiger partial charge in [-0.15, -0.1) is 0 Å². The number of nitrogens with one attached hydrogen (secondary N) is 1. The Labute approximate surface area is 138 Å². The average Bonchev–Trinajstić information content (AvgIpc) is 2.55. The number of para-hydroxylation sites is 1. The topological polar surface area (TPSA) is 12.0 Å². The number of unbranched alkanes of at least 4 members (excludes halogenated alkanes) is 8. The molecule has 1 aromatic carbocycles. The SMILES string of the molecule is CCCCCCCCCCC(CCCC)Nc1ccccc1. The molecule has 1 aromatic rings. The van der Waals surface area contributed by atoms with Crippen molar-refractivity contribution in [2.45, 2.75) is 96.9 Å². The van der Waals surface area contributed by atoms with Crippen LogP contribution in [0.3, 0.4) is 0 Å². The zero-order valence-electron chi connectivity index (χ0n) is 14.9. The van der Waals surface area contributed by atoms with Crippen LogP contribution in [0.15, 0.2) is 30.3 Å². The molecule has 0 aromatic heterocycles. The Bertz CT molecular complexity index is 333. The van der Waals surface area contributed by atoms with E-state index in [2.05, 4.69) is 49.5 Å². The Hall–Kier alpha value is -0.980. The lowest BCUT2D eigenvalue weighted by atomic mass is 10.0. The van der Waals surface area contributed by atoms with Gasteiger partial charge in [-0.25, -0.2) is 0 Å². The first-order chi connectivity index (χ1) is 10.9. The minimum atomic E-state index is 0.655. The lowest BCUT2D eigenvalue weighted by Crippen LogP contribution is -2.19. The highest BCUT2D eigenvalue weighted by Crippen LogP contribution is 2.17. The largest absolute Gasteiger partial charge is 0.382 e. The lowest BCUT2D eigenvalue weighted by Gasteiger charge is -2.20. The first kappa shape index (κ1) is 19.1. The van der Waals surface area contributed by atoms with Gasteiger partial charge in [0.05, 0.1) is 0 Å². The maximum atomic E-state index is 3.73. The molecule has 0 amide bonds. The standard InChI is InChI=1S/C21H37N/c1-3-5-7-8-9-10-11-13-17-20(16-6-4-2)22-21-18-14-12-15-19-21/h12,14-15,18-20,22H,3-11,13,16-17H2,1-2H3. The molecule has 126 valence electrons. The molecule has 22 heavy (non-hydrogen) atoms. The van der Waals surface area contributed by atoms with E-state index in [1.807, 2.05) is 0 Å². The molecule has 1 rings (SSSR count). The second kappa shape index (κ2) is 13.7. The Morgan fingerprint density at radius 1 is 0.682 bits per heavy atom. The third kappa shape index (κ3) is 9.87. The molecule has 1 unspecified atom stereocenters. The molecule has 0 spiro atoms. The number of hydrogen-bond acceptors (Lipinski definition) is 1. The molecule has 1 N–H and O–H groups in total. The van der Waals surface area contributed by atoms with Crippen molar-refractivity contribution < 1.29 is 0 Å². The van der Waals surface area contributed by atoms with Crippen molar-refractivity contribution >= 4 is 5.69 Å². The van der Waals surface area contributed by atoms with Crippen LogP contribution in [0.4, 0.5) is 5.69 Å². The fourth-order valence-electron chi connectivity index (χ4n) is 3.03. The van der Waals surface area contributed by atoms with E-state index in [1.165, 1.54) is 82.7 Å². The quantitative estimate of drug-likeness (QED) is 0.359. The number of anilines is 1. The van der Waals surface area contributed by atoms with Crippen LogP contribution in [0.5, 0.6) is 0 Å².